The molecular formula is C26H25N3O5S. The Morgan fingerprint density at radius 2 is 1.57 bits per heavy atom. The second-order valence-electron chi connectivity index (χ2n) is 8.38. The SMILES string of the molecule is COc1ccc(NC(=O)Cn2c(=O)n(-c3ccc(OC)cc3)c(=O)c3c4c(sc32)CCCC4)cc1. The van der Waals surface area contributed by atoms with Crippen LogP contribution in [0.15, 0.2) is 58.1 Å². The second-order valence-corrected chi connectivity index (χ2v) is 9.46. The summed E-state index contributed by atoms with van der Waals surface area (Å²) in [6, 6.07) is 13.7. The Labute approximate surface area is 205 Å². The summed E-state index contributed by atoms with van der Waals surface area (Å²) in [5, 5.41) is 3.37. The van der Waals surface area contributed by atoms with Crippen molar-refractivity contribution in [1.29, 1.82) is 0 Å². The van der Waals surface area contributed by atoms with E-state index in [2.05, 4.69) is 5.32 Å². The summed E-state index contributed by atoms with van der Waals surface area (Å²) in [5.74, 6) is 0.941. The monoisotopic (exact) mass is 491 g/mol. The number of fused-ring (bicyclic) bond motifs is 3. The normalized spacial score (nSPS) is 12.9. The molecule has 2 aromatic heterocycles. The average Bonchev–Trinajstić information content (AvgIpc) is 3.27. The lowest BCUT2D eigenvalue weighted by molar-refractivity contribution is -0.116. The molecule has 2 heterocycles. The maximum absolute atomic E-state index is 13.6. The van der Waals surface area contributed by atoms with E-state index in [9.17, 15) is 14.4 Å². The molecule has 9 heteroatoms. The Bertz CT molecular complexity index is 1510. The molecule has 0 fully saturated rings. The van der Waals surface area contributed by atoms with Crippen LogP contribution in [-0.4, -0.2) is 29.3 Å². The summed E-state index contributed by atoms with van der Waals surface area (Å²) in [4.78, 5) is 42.0. The summed E-state index contributed by atoms with van der Waals surface area (Å²) in [6.45, 7) is -0.211. The van der Waals surface area contributed by atoms with Gasteiger partial charge in [0.15, 0.2) is 0 Å². The van der Waals surface area contributed by atoms with Crippen LogP contribution in [0.3, 0.4) is 0 Å². The Balaban J connectivity index is 1.62. The fourth-order valence-electron chi connectivity index (χ4n) is 4.49. The Morgan fingerprint density at radius 1 is 0.943 bits per heavy atom. The van der Waals surface area contributed by atoms with Crippen LogP contribution in [0.2, 0.25) is 0 Å². The molecule has 5 rings (SSSR count). The lowest BCUT2D eigenvalue weighted by atomic mass is 9.97. The smallest absolute Gasteiger partial charge is 0.337 e. The molecule has 35 heavy (non-hydrogen) atoms. The van der Waals surface area contributed by atoms with Crippen molar-refractivity contribution >= 4 is 33.1 Å². The fraction of sp³-hybridized carbons (Fsp3) is 0.269. The molecule has 1 amide bonds. The number of hydrogen-bond acceptors (Lipinski definition) is 6. The largest absolute Gasteiger partial charge is 0.497 e. The van der Waals surface area contributed by atoms with Gasteiger partial charge in [0, 0.05) is 10.6 Å². The van der Waals surface area contributed by atoms with Crippen molar-refractivity contribution < 1.29 is 14.3 Å². The van der Waals surface area contributed by atoms with E-state index in [-0.39, 0.29) is 18.0 Å². The van der Waals surface area contributed by atoms with E-state index >= 15 is 0 Å². The Hall–Kier alpha value is -3.85. The van der Waals surface area contributed by atoms with E-state index in [0.717, 1.165) is 40.7 Å². The first kappa shape index (κ1) is 22.9. The first-order valence-corrected chi connectivity index (χ1v) is 12.2. The summed E-state index contributed by atoms with van der Waals surface area (Å²) in [5.41, 5.74) is 1.14. The van der Waals surface area contributed by atoms with Crippen molar-refractivity contribution in [2.24, 2.45) is 0 Å². The number of carbonyl (C=O) groups is 1. The van der Waals surface area contributed by atoms with E-state index in [4.69, 9.17) is 9.47 Å². The molecule has 0 atom stereocenters. The van der Waals surface area contributed by atoms with Crippen molar-refractivity contribution in [1.82, 2.24) is 9.13 Å². The third-order valence-electron chi connectivity index (χ3n) is 6.24. The minimum absolute atomic E-state index is 0.211. The topological polar surface area (TPSA) is 91.6 Å². The second kappa shape index (κ2) is 9.42. The van der Waals surface area contributed by atoms with Gasteiger partial charge >= 0.3 is 5.69 Å². The van der Waals surface area contributed by atoms with Gasteiger partial charge in [-0.25, -0.2) is 9.36 Å². The molecule has 0 aliphatic heterocycles. The van der Waals surface area contributed by atoms with E-state index in [1.54, 1.807) is 62.8 Å². The molecule has 0 saturated carbocycles. The molecule has 180 valence electrons. The third-order valence-corrected chi connectivity index (χ3v) is 7.56. The van der Waals surface area contributed by atoms with Gasteiger partial charge < -0.3 is 14.8 Å². The van der Waals surface area contributed by atoms with Crippen molar-refractivity contribution in [3.8, 4) is 17.2 Å². The first-order chi connectivity index (χ1) is 17.0. The molecule has 8 nitrogen and oxygen atoms in total. The predicted octanol–water partition coefficient (Wildman–Crippen LogP) is 3.75. The van der Waals surface area contributed by atoms with Gasteiger partial charge in [0.2, 0.25) is 5.91 Å². The number of aryl methyl sites for hydroxylation is 2. The lowest BCUT2D eigenvalue weighted by Crippen LogP contribution is -2.40. The summed E-state index contributed by atoms with van der Waals surface area (Å²) in [7, 11) is 3.13. The first-order valence-electron chi connectivity index (χ1n) is 11.4. The standard InChI is InChI=1S/C26H25N3O5S/c1-33-18-11-7-16(8-12-18)27-22(30)15-28-25-23(20-5-3-4-6-21(20)35-25)24(31)29(26(28)32)17-9-13-19(34-2)14-10-17/h7-14H,3-6,15H2,1-2H3,(H,27,30). The number of amides is 1. The molecule has 1 aliphatic rings. The third kappa shape index (κ3) is 4.23. The maximum atomic E-state index is 13.6. The minimum Gasteiger partial charge on any atom is -0.497 e. The van der Waals surface area contributed by atoms with Crippen molar-refractivity contribution in [2.75, 3.05) is 19.5 Å². The Morgan fingerprint density at radius 3 is 2.23 bits per heavy atom. The van der Waals surface area contributed by atoms with Gasteiger partial charge in [-0.05, 0) is 79.8 Å². The van der Waals surface area contributed by atoms with Gasteiger partial charge in [0.05, 0.1) is 25.3 Å². The zero-order chi connectivity index (χ0) is 24.5. The highest BCUT2D eigenvalue weighted by molar-refractivity contribution is 7.18. The van der Waals surface area contributed by atoms with Crippen LogP contribution in [-0.2, 0) is 24.2 Å². The van der Waals surface area contributed by atoms with Crippen LogP contribution in [0.1, 0.15) is 23.3 Å². The van der Waals surface area contributed by atoms with Crippen LogP contribution in [0, 0.1) is 0 Å². The highest BCUT2D eigenvalue weighted by atomic mass is 32.1. The number of ether oxygens (including phenoxy) is 2. The molecule has 1 aliphatic carbocycles. The molecule has 0 radical (unpaired) electrons. The Kier molecular flexibility index (Phi) is 6.17. The molecule has 0 saturated heterocycles. The summed E-state index contributed by atoms with van der Waals surface area (Å²) in [6.07, 6.45) is 3.72. The molecule has 0 spiro atoms. The minimum atomic E-state index is -0.545. The number of benzene rings is 2. The highest BCUT2D eigenvalue weighted by Crippen LogP contribution is 2.34. The van der Waals surface area contributed by atoms with Crippen molar-refractivity contribution in [3.63, 3.8) is 0 Å². The van der Waals surface area contributed by atoms with Crippen LogP contribution in [0.25, 0.3) is 15.9 Å². The number of nitrogens with one attached hydrogen (secondary N) is 1. The predicted molar refractivity (Wildman–Crippen MR) is 136 cm³/mol. The van der Waals surface area contributed by atoms with Gasteiger partial charge in [-0.15, -0.1) is 11.3 Å². The number of hydrogen-bond donors (Lipinski definition) is 1. The van der Waals surface area contributed by atoms with Crippen LogP contribution in [0.4, 0.5) is 5.69 Å². The van der Waals surface area contributed by atoms with Gasteiger partial charge in [0.1, 0.15) is 22.9 Å². The van der Waals surface area contributed by atoms with Crippen molar-refractivity contribution in [2.45, 2.75) is 32.2 Å². The maximum Gasteiger partial charge on any atom is 0.337 e. The molecule has 2 aromatic carbocycles. The molecule has 0 bridgehead atoms. The summed E-state index contributed by atoms with van der Waals surface area (Å²) < 4.78 is 12.9. The quantitative estimate of drug-likeness (QED) is 0.444. The van der Waals surface area contributed by atoms with Gasteiger partial charge in [-0.2, -0.15) is 0 Å². The van der Waals surface area contributed by atoms with E-state index in [0.29, 0.717) is 33.1 Å². The molecule has 0 unspecified atom stereocenters. The van der Waals surface area contributed by atoms with E-state index in [1.807, 2.05) is 0 Å². The lowest BCUT2D eigenvalue weighted by Gasteiger charge is -2.14. The zero-order valence-corrected chi connectivity index (χ0v) is 20.3. The van der Waals surface area contributed by atoms with Crippen LogP contribution < -0.4 is 26.0 Å². The van der Waals surface area contributed by atoms with Crippen LogP contribution in [0.5, 0.6) is 11.5 Å². The van der Waals surface area contributed by atoms with E-state index in [1.165, 1.54) is 15.9 Å². The number of methoxy groups -OCH3 is 2. The molecule has 4 aromatic rings. The number of aromatic nitrogens is 2. The van der Waals surface area contributed by atoms with Crippen molar-refractivity contribution in [3.05, 3.63) is 79.8 Å². The summed E-state index contributed by atoms with van der Waals surface area (Å²) >= 11 is 1.45. The van der Waals surface area contributed by atoms with Gasteiger partial charge in [0.25, 0.3) is 5.56 Å². The number of nitrogens with zero attached hydrogens (tertiary/aromatic N) is 2. The van der Waals surface area contributed by atoms with Gasteiger partial charge in [-0.1, -0.05) is 0 Å². The van der Waals surface area contributed by atoms with Gasteiger partial charge in [-0.3, -0.25) is 14.2 Å². The average molecular weight is 492 g/mol. The molecular weight excluding hydrogens is 466 g/mol. The number of rotatable bonds is 6. The fourth-order valence-corrected chi connectivity index (χ4v) is 5.86. The number of thiophene rings is 1. The zero-order valence-electron chi connectivity index (χ0n) is 19.5. The van der Waals surface area contributed by atoms with E-state index < -0.39 is 5.69 Å². The number of anilines is 1. The number of carbonyl (C=O) groups excluding carboxylic acids is 1. The highest BCUT2D eigenvalue weighted by Gasteiger charge is 2.25. The molecule has 1 N–H and O–H groups in total. The van der Waals surface area contributed by atoms with Crippen LogP contribution >= 0.6 is 11.3 Å².